The lowest BCUT2D eigenvalue weighted by molar-refractivity contribution is 0.0698. The van der Waals surface area contributed by atoms with Gasteiger partial charge in [0.2, 0.25) is 0 Å². The maximum atomic E-state index is 10.9. The van der Waals surface area contributed by atoms with Gasteiger partial charge in [-0.1, -0.05) is 6.92 Å². The average Bonchev–Trinajstić information content (AvgIpc) is 2.32. The van der Waals surface area contributed by atoms with Crippen LogP contribution in [0.3, 0.4) is 0 Å². The number of benzene rings is 1. The second kappa shape index (κ2) is 4.86. The number of nitrogens with zero attached hydrogens (tertiary/aromatic N) is 1. The summed E-state index contributed by atoms with van der Waals surface area (Å²) in [6, 6.07) is 4.91. The van der Waals surface area contributed by atoms with Crippen molar-refractivity contribution in [1.82, 2.24) is 0 Å². The number of aliphatic hydroxyl groups excluding tert-OH is 1. The molecule has 1 aromatic carbocycles. The van der Waals surface area contributed by atoms with Crippen LogP contribution in [0.1, 0.15) is 23.7 Å². The van der Waals surface area contributed by atoms with Gasteiger partial charge in [-0.25, -0.2) is 4.79 Å². The Bertz CT molecular complexity index is 462. The topological polar surface area (TPSA) is 86.8 Å². The number of piperidine rings is 1. The fourth-order valence-electron chi connectivity index (χ4n) is 2.22. The number of β-amino-alcohol motifs (C(OH)–C–C–N with tert-alkyl or cyclic N) is 1. The summed E-state index contributed by atoms with van der Waals surface area (Å²) in [5.41, 5.74) is 6.96. The summed E-state index contributed by atoms with van der Waals surface area (Å²) < 4.78 is 0. The molecule has 98 valence electrons. The maximum absolute atomic E-state index is 10.9. The van der Waals surface area contributed by atoms with Gasteiger partial charge in [0.15, 0.2) is 0 Å². The SMILES string of the molecule is CC1CCN(c2ccc(C(=O)O)c(N)c2)CC1O. The zero-order valence-electron chi connectivity index (χ0n) is 10.3. The molecule has 4 N–H and O–H groups in total. The number of anilines is 2. The largest absolute Gasteiger partial charge is 0.478 e. The molecule has 0 aromatic heterocycles. The minimum Gasteiger partial charge on any atom is -0.478 e. The summed E-state index contributed by atoms with van der Waals surface area (Å²) in [5.74, 6) is -0.719. The number of nitrogen functional groups attached to an aromatic ring is 1. The monoisotopic (exact) mass is 250 g/mol. The quantitative estimate of drug-likeness (QED) is 0.686. The molecule has 0 saturated carbocycles. The standard InChI is InChI=1S/C13H18N2O3/c1-8-4-5-15(7-12(8)16)9-2-3-10(13(17)18)11(14)6-9/h2-3,6,8,12,16H,4-5,7,14H2,1H3,(H,17,18). The third-order valence-corrected chi connectivity index (χ3v) is 3.55. The highest BCUT2D eigenvalue weighted by molar-refractivity contribution is 5.94. The van der Waals surface area contributed by atoms with E-state index < -0.39 is 5.97 Å². The van der Waals surface area contributed by atoms with E-state index in [1.165, 1.54) is 6.07 Å². The summed E-state index contributed by atoms with van der Waals surface area (Å²) in [6.45, 7) is 3.45. The Morgan fingerprint density at radius 1 is 1.50 bits per heavy atom. The van der Waals surface area contributed by atoms with Crippen LogP contribution in [0.2, 0.25) is 0 Å². The highest BCUT2D eigenvalue weighted by atomic mass is 16.4. The molecule has 1 fully saturated rings. The van der Waals surface area contributed by atoms with Crippen LogP contribution in [-0.2, 0) is 0 Å². The molecular weight excluding hydrogens is 232 g/mol. The van der Waals surface area contributed by atoms with E-state index >= 15 is 0 Å². The van der Waals surface area contributed by atoms with Crippen molar-refractivity contribution in [3.05, 3.63) is 23.8 Å². The summed E-state index contributed by atoms with van der Waals surface area (Å²) in [7, 11) is 0. The molecule has 2 unspecified atom stereocenters. The third kappa shape index (κ3) is 2.41. The molecule has 5 nitrogen and oxygen atoms in total. The molecule has 0 aliphatic carbocycles. The van der Waals surface area contributed by atoms with Crippen LogP contribution in [-0.4, -0.2) is 35.4 Å². The summed E-state index contributed by atoms with van der Waals surface area (Å²) in [6.07, 6.45) is 0.570. The van der Waals surface area contributed by atoms with E-state index in [9.17, 15) is 9.90 Å². The van der Waals surface area contributed by atoms with Crippen molar-refractivity contribution in [3.63, 3.8) is 0 Å². The van der Waals surface area contributed by atoms with E-state index in [2.05, 4.69) is 0 Å². The number of hydrogen-bond acceptors (Lipinski definition) is 4. The van der Waals surface area contributed by atoms with Crippen molar-refractivity contribution < 1.29 is 15.0 Å². The fourth-order valence-corrected chi connectivity index (χ4v) is 2.22. The highest BCUT2D eigenvalue weighted by Gasteiger charge is 2.24. The first kappa shape index (κ1) is 12.7. The second-order valence-corrected chi connectivity index (χ2v) is 4.86. The number of nitrogens with two attached hydrogens (primary N) is 1. The smallest absolute Gasteiger partial charge is 0.337 e. The molecule has 0 amide bonds. The van der Waals surface area contributed by atoms with Gasteiger partial charge in [-0.3, -0.25) is 0 Å². The van der Waals surface area contributed by atoms with Crippen LogP contribution in [0, 0.1) is 5.92 Å². The van der Waals surface area contributed by atoms with Gasteiger partial charge >= 0.3 is 5.97 Å². The number of carbonyl (C=O) groups is 1. The third-order valence-electron chi connectivity index (χ3n) is 3.55. The molecule has 0 radical (unpaired) electrons. The number of aromatic carboxylic acids is 1. The number of carboxylic acids is 1. The van der Waals surface area contributed by atoms with Gasteiger partial charge in [0.05, 0.1) is 11.7 Å². The first-order chi connectivity index (χ1) is 8.49. The lowest BCUT2D eigenvalue weighted by atomic mass is 9.95. The average molecular weight is 250 g/mol. The Kier molecular flexibility index (Phi) is 3.43. The van der Waals surface area contributed by atoms with Crippen LogP contribution >= 0.6 is 0 Å². The van der Waals surface area contributed by atoms with Crippen LogP contribution in [0.5, 0.6) is 0 Å². The highest BCUT2D eigenvalue weighted by Crippen LogP contribution is 2.26. The number of carboxylic acid groups (broad SMARTS) is 1. The Balaban J connectivity index is 2.19. The first-order valence-corrected chi connectivity index (χ1v) is 6.05. The predicted molar refractivity (Wildman–Crippen MR) is 69.8 cm³/mol. The molecule has 0 spiro atoms. The molecular formula is C13H18N2O3. The van der Waals surface area contributed by atoms with E-state index in [4.69, 9.17) is 10.8 Å². The molecule has 0 bridgehead atoms. The van der Waals surface area contributed by atoms with Crippen LogP contribution in [0.15, 0.2) is 18.2 Å². The van der Waals surface area contributed by atoms with E-state index in [1.807, 2.05) is 11.8 Å². The Morgan fingerprint density at radius 2 is 2.22 bits per heavy atom. The Hall–Kier alpha value is -1.75. The molecule has 1 saturated heterocycles. The van der Waals surface area contributed by atoms with Crippen LogP contribution in [0.25, 0.3) is 0 Å². The molecule has 2 rings (SSSR count). The summed E-state index contributed by atoms with van der Waals surface area (Å²) >= 11 is 0. The van der Waals surface area contributed by atoms with Gasteiger partial charge in [-0.05, 0) is 30.5 Å². The van der Waals surface area contributed by atoms with E-state index in [1.54, 1.807) is 12.1 Å². The fraction of sp³-hybridized carbons (Fsp3) is 0.462. The summed E-state index contributed by atoms with van der Waals surface area (Å²) in [5, 5.41) is 18.8. The molecule has 1 aliphatic rings. The molecule has 1 heterocycles. The van der Waals surface area contributed by atoms with Crippen LogP contribution in [0.4, 0.5) is 11.4 Å². The van der Waals surface area contributed by atoms with Gasteiger partial charge in [0, 0.05) is 24.5 Å². The maximum Gasteiger partial charge on any atom is 0.337 e. The van der Waals surface area contributed by atoms with Gasteiger partial charge in [0.25, 0.3) is 0 Å². The zero-order valence-corrected chi connectivity index (χ0v) is 10.3. The normalized spacial score (nSPS) is 24.0. The molecule has 2 atom stereocenters. The van der Waals surface area contributed by atoms with Crippen molar-refractivity contribution in [1.29, 1.82) is 0 Å². The first-order valence-electron chi connectivity index (χ1n) is 6.05. The number of aliphatic hydroxyl groups is 1. The Morgan fingerprint density at radius 3 is 2.78 bits per heavy atom. The molecule has 18 heavy (non-hydrogen) atoms. The van der Waals surface area contributed by atoms with E-state index in [0.29, 0.717) is 12.5 Å². The van der Waals surface area contributed by atoms with E-state index in [0.717, 1.165) is 18.7 Å². The van der Waals surface area contributed by atoms with Crippen molar-refractivity contribution in [2.75, 3.05) is 23.7 Å². The minimum absolute atomic E-state index is 0.115. The van der Waals surface area contributed by atoms with Crippen molar-refractivity contribution in [2.45, 2.75) is 19.4 Å². The van der Waals surface area contributed by atoms with Crippen molar-refractivity contribution in [3.8, 4) is 0 Å². The molecule has 1 aromatic rings. The van der Waals surface area contributed by atoms with Gasteiger partial charge in [-0.15, -0.1) is 0 Å². The summed E-state index contributed by atoms with van der Waals surface area (Å²) in [4.78, 5) is 12.9. The van der Waals surface area contributed by atoms with Gasteiger partial charge in [0.1, 0.15) is 0 Å². The molecule has 5 heteroatoms. The van der Waals surface area contributed by atoms with Crippen molar-refractivity contribution in [2.24, 2.45) is 5.92 Å². The zero-order chi connectivity index (χ0) is 13.3. The Labute approximate surface area is 106 Å². The van der Waals surface area contributed by atoms with Crippen molar-refractivity contribution >= 4 is 17.3 Å². The number of hydrogen-bond donors (Lipinski definition) is 3. The predicted octanol–water partition coefficient (Wildman–Crippen LogP) is 1.17. The lowest BCUT2D eigenvalue weighted by Gasteiger charge is -2.36. The van der Waals surface area contributed by atoms with E-state index in [-0.39, 0.29) is 17.4 Å². The lowest BCUT2D eigenvalue weighted by Crippen LogP contribution is -2.42. The molecule has 1 aliphatic heterocycles. The van der Waals surface area contributed by atoms with Gasteiger partial charge in [-0.2, -0.15) is 0 Å². The number of rotatable bonds is 2. The van der Waals surface area contributed by atoms with Crippen LogP contribution < -0.4 is 10.6 Å². The second-order valence-electron chi connectivity index (χ2n) is 4.86. The minimum atomic E-state index is -1.02. The van der Waals surface area contributed by atoms with Gasteiger partial charge < -0.3 is 20.8 Å².